The number of carboxylic acids is 1. The van der Waals surface area contributed by atoms with E-state index in [0.717, 1.165) is 36.2 Å². The van der Waals surface area contributed by atoms with Crippen LogP contribution < -0.4 is 4.90 Å². The Bertz CT molecular complexity index is 661. The van der Waals surface area contributed by atoms with Crippen molar-refractivity contribution in [1.82, 2.24) is 0 Å². The lowest BCUT2D eigenvalue weighted by atomic mass is 10.0. The molecule has 0 heterocycles. The van der Waals surface area contributed by atoms with Crippen molar-refractivity contribution < 1.29 is 9.90 Å². The minimum atomic E-state index is -0.859. The van der Waals surface area contributed by atoms with Crippen LogP contribution in [-0.2, 0) is 0 Å². The van der Waals surface area contributed by atoms with Gasteiger partial charge in [0.2, 0.25) is 0 Å². The first kappa shape index (κ1) is 13.9. The van der Waals surface area contributed by atoms with Crippen molar-refractivity contribution in [2.24, 2.45) is 5.92 Å². The minimum Gasteiger partial charge on any atom is -0.478 e. The van der Waals surface area contributed by atoms with Crippen molar-refractivity contribution in [1.29, 1.82) is 0 Å². The highest BCUT2D eigenvalue weighted by molar-refractivity contribution is 6.07. The largest absolute Gasteiger partial charge is 0.478 e. The molecule has 1 fully saturated rings. The van der Waals surface area contributed by atoms with Gasteiger partial charge >= 0.3 is 5.97 Å². The molecule has 3 rings (SSSR count). The number of benzene rings is 2. The fourth-order valence-electron chi connectivity index (χ4n) is 2.94. The van der Waals surface area contributed by atoms with Crippen LogP contribution in [0.3, 0.4) is 0 Å². The number of carboxylic acid groups (broad SMARTS) is 1. The van der Waals surface area contributed by atoms with Gasteiger partial charge in [-0.05, 0) is 42.7 Å². The lowest BCUT2D eigenvalue weighted by molar-refractivity contribution is 0.0699. The molecule has 0 unspecified atom stereocenters. The van der Waals surface area contributed by atoms with Crippen molar-refractivity contribution >= 4 is 22.4 Å². The standard InChI is InChI=1S/C18H21NO2/c1-2-11-19(12-13-7-8-13)17-10-9-16(18(20)21)14-5-3-4-6-15(14)17/h3-6,9-10,13H,2,7-8,11-12H2,1H3,(H,20,21). The third-order valence-corrected chi connectivity index (χ3v) is 4.14. The van der Waals surface area contributed by atoms with Crippen LogP contribution in [0.25, 0.3) is 10.8 Å². The predicted octanol–water partition coefficient (Wildman–Crippen LogP) is 4.16. The van der Waals surface area contributed by atoms with Gasteiger partial charge in [-0.1, -0.05) is 31.2 Å². The maximum Gasteiger partial charge on any atom is 0.336 e. The molecule has 2 aromatic rings. The number of hydrogen-bond donors (Lipinski definition) is 1. The van der Waals surface area contributed by atoms with E-state index < -0.39 is 5.97 Å². The van der Waals surface area contributed by atoms with E-state index in [4.69, 9.17) is 0 Å². The fourth-order valence-corrected chi connectivity index (χ4v) is 2.94. The van der Waals surface area contributed by atoms with Crippen LogP contribution in [0.5, 0.6) is 0 Å². The summed E-state index contributed by atoms with van der Waals surface area (Å²) in [5.41, 5.74) is 1.56. The third-order valence-electron chi connectivity index (χ3n) is 4.14. The van der Waals surface area contributed by atoms with Gasteiger partial charge in [0.05, 0.1) is 5.56 Å². The van der Waals surface area contributed by atoms with E-state index in [1.165, 1.54) is 18.5 Å². The first-order valence-corrected chi connectivity index (χ1v) is 7.70. The number of carbonyl (C=O) groups is 1. The van der Waals surface area contributed by atoms with Crippen molar-refractivity contribution in [3.05, 3.63) is 42.0 Å². The van der Waals surface area contributed by atoms with Gasteiger partial charge in [-0.15, -0.1) is 0 Å². The van der Waals surface area contributed by atoms with Gasteiger partial charge in [0, 0.05) is 24.2 Å². The fraction of sp³-hybridized carbons (Fsp3) is 0.389. The zero-order chi connectivity index (χ0) is 14.8. The van der Waals surface area contributed by atoms with Crippen molar-refractivity contribution in [3.8, 4) is 0 Å². The quantitative estimate of drug-likeness (QED) is 0.865. The Morgan fingerprint density at radius 1 is 1.19 bits per heavy atom. The maximum absolute atomic E-state index is 11.4. The van der Waals surface area contributed by atoms with E-state index >= 15 is 0 Å². The topological polar surface area (TPSA) is 40.5 Å². The number of anilines is 1. The highest BCUT2D eigenvalue weighted by Crippen LogP contribution is 2.35. The monoisotopic (exact) mass is 283 g/mol. The van der Waals surface area contributed by atoms with Crippen LogP contribution >= 0.6 is 0 Å². The second-order valence-corrected chi connectivity index (χ2v) is 5.87. The summed E-state index contributed by atoms with van der Waals surface area (Å²) in [5, 5.41) is 11.2. The summed E-state index contributed by atoms with van der Waals surface area (Å²) in [6.45, 7) is 4.30. The van der Waals surface area contributed by atoms with E-state index in [1.807, 2.05) is 30.3 Å². The Morgan fingerprint density at radius 3 is 2.52 bits per heavy atom. The van der Waals surface area contributed by atoms with Crippen molar-refractivity contribution in [2.75, 3.05) is 18.0 Å². The Labute approximate surface area is 125 Å². The molecule has 1 saturated carbocycles. The summed E-state index contributed by atoms with van der Waals surface area (Å²) in [6, 6.07) is 11.6. The van der Waals surface area contributed by atoms with E-state index in [1.54, 1.807) is 6.07 Å². The first-order valence-electron chi connectivity index (χ1n) is 7.70. The molecule has 110 valence electrons. The molecular weight excluding hydrogens is 262 g/mol. The summed E-state index contributed by atoms with van der Waals surface area (Å²) in [5.74, 6) is -0.0450. The Morgan fingerprint density at radius 2 is 1.90 bits per heavy atom. The molecule has 0 saturated heterocycles. The van der Waals surface area contributed by atoms with Crippen molar-refractivity contribution in [3.63, 3.8) is 0 Å². The summed E-state index contributed by atoms with van der Waals surface area (Å²) in [7, 11) is 0. The zero-order valence-electron chi connectivity index (χ0n) is 12.4. The molecule has 1 N–H and O–H groups in total. The van der Waals surface area contributed by atoms with Gasteiger partial charge in [-0.25, -0.2) is 4.79 Å². The molecule has 2 aromatic carbocycles. The van der Waals surface area contributed by atoms with Crippen LogP contribution in [0.15, 0.2) is 36.4 Å². The van der Waals surface area contributed by atoms with Crippen LogP contribution in [0, 0.1) is 5.92 Å². The average molecular weight is 283 g/mol. The molecule has 0 aromatic heterocycles. The van der Waals surface area contributed by atoms with Gasteiger partial charge in [-0.3, -0.25) is 0 Å². The molecule has 0 atom stereocenters. The van der Waals surface area contributed by atoms with E-state index in [0.29, 0.717) is 5.56 Å². The number of fused-ring (bicyclic) bond motifs is 1. The first-order chi connectivity index (χ1) is 10.2. The molecular formula is C18H21NO2. The Hall–Kier alpha value is -2.03. The SMILES string of the molecule is CCCN(CC1CC1)c1ccc(C(=O)O)c2ccccc12. The highest BCUT2D eigenvalue weighted by Gasteiger charge is 2.25. The summed E-state index contributed by atoms with van der Waals surface area (Å²) < 4.78 is 0. The third kappa shape index (κ3) is 2.87. The molecule has 21 heavy (non-hydrogen) atoms. The number of aromatic carboxylic acids is 1. The highest BCUT2D eigenvalue weighted by atomic mass is 16.4. The molecule has 1 aliphatic rings. The molecule has 0 bridgehead atoms. The Kier molecular flexibility index (Phi) is 3.82. The molecule has 0 aliphatic heterocycles. The second-order valence-electron chi connectivity index (χ2n) is 5.87. The smallest absolute Gasteiger partial charge is 0.336 e. The van der Waals surface area contributed by atoms with E-state index in [-0.39, 0.29) is 0 Å². The molecule has 0 spiro atoms. The minimum absolute atomic E-state index is 0.386. The lowest BCUT2D eigenvalue weighted by Gasteiger charge is -2.26. The summed E-state index contributed by atoms with van der Waals surface area (Å²) >= 11 is 0. The van der Waals surface area contributed by atoms with Crippen molar-refractivity contribution in [2.45, 2.75) is 26.2 Å². The van der Waals surface area contributed by atoms with Gasteiger partial charge < -0.3 is 10.0 Å². The van der Waals surface area contributed by atoms with Crippen LogP contribution in [0.2, 0.25) is 0 Å². The molecule has 0 amide bonds. The summed E-state index contributed by atoms with van der Waals surface area (Å²) in [6.07, 6.45) is 3.75. The normalized spacial score (nSPS) is 14.3. The summed E-state index contributed by atoms with van der Waals surface area (Å²) in [4.78, 5) is 13.8. The number of hydrogen-bond acceptors (Lipinski definition) is 2. The Balaban J connectivity index is 2.08. The van der Waals surface area contributed by atoms with Crippen LogP contribution in [-0.4, -0.2) is 24.2 Å². The maximum atomic E-state index is 11.4. The van der Waals surface area contributed by atoms with Gasteiger partial charge in [0.15, 0.2) is 0 Å². The zero-order valence-corrected chi connectivity index (χ0v) is 12.4. The molecule has 0 radical (unpaired) electrons. The average Bonchev–Trinajstić information content (AvgIpc) is 3.29. The number of nitrogens with zero attached hydrogens (tertiary/aromatic N) is 1. The predicted molar refractivity (Wildman–Crippen MR) is 86.1 cm³/mol. The van der Waals surface area contributed by atoms with Crippen LogP contribution in [0.4, 0.5) is 5.69 Å². The second kappa shape index (κ2) is 5.76. The molecule has 3 nitrogen and oxygen atoms in total. The van der Waals surface area contributed by atoms with E-state index in [2.05, 4.69) is 11.8 Å². The van der Waals surface area contributed by atoms with E-state index in [9.17, 15) is 9.90 Å². The van der Waals surface area contributed by atoms with Crippen LogP contribution in [0.1, 0.15) is 36.5 Å². The van der Waals surface area contributed by atoms with Gasteiger partial charge in [0.1, 0.15) is 0 Å². The lowest BCUT2D eigenvalue weighted by Crippen LogP contribution is -2.26. The molecule has 1 aliphatic carbocycles. The van der Waals surface area contributed by atoms with Gasteiger partial charge in [0.25, 0.3) is 0 Å². The van der Waals surface area contributed by atoms with Gasteiger partial charge in [-0.2, -0.15) is 0 Å². The molecule has 3 heteroatoms. The number of rotatable bonds is 6.